The first-order valence-electron chi connectivity index (χ1n) is 6.75. The van der Waals surface area contributed by atoms with Crippen LogP contribution in [0.3, 0.4) is 0 Å². The Labute approximate surface area is 134 Å². The molecule has 2 heterocycles. The van der Waals surface area contributed by atoms with E-state index in [-0.39, 0.29) is 11.7 Å². The van der Waals surface area contributed by atoms with Gasteiger partial charge in [-0.15, -0.1) is 0 Å². The van der Waals surface area contributed by atoms with Gasteiger partial charge in [0.15, 0.2) is 0 Å². The van der Waals surface area contributed by atoms with Crippen LogP contribution in [0.1, 0.15) is 29.3 Å². The Morgan fingerprint density at radius 3 is 2.95 bits per heavy atom. The Balaban J connectivity index is 1.95. The van der Waals surface area contributed by atoms with Crippen molar-refractivity contribution in [2.24, 2.45) is 0 Å². The van der Waals surface area contributed by atoms with Crippen LogP contribution in [-0.2, 0) is 6.42 Å². The van der Waals surface area contributed by atoms with Crippen molar-refractivity contribution in [2.45, 2.75) is 18.8 Å². The van der Waals surface area contributed by atoms with Gasteiger partial charge >= 0.3 is 0 Å². The van der Waals surface area contributed by atoms with Crippen LogP contribution < -0.4 is 0 Å². The molecule has 0 saturated carbocycles. The number of imidazole rings is 1. The number of nitrogens with zero attached hydrogens (tertiary/aromatic N) is 2. The summed E-state index contributed by atoms with van der Waals surface area (Å²) in [5.41, 5.74) is 3.92. The number of halogens is 3. The van der Waals surface area contributed by atoms with Crippen molar-refractivity contribution >= 4 is 33.2 Å². The van der Waals surface area contributed by atoms with Gasteiger partial charge in [-0.25, -0.2) is 9.37 Å². The lowest BCUT2D eigenvalue weighted by atomic mass is 9.97. The maximum Gasteiger partial charge on any atom is 0.142 e. The molecular weight excluding hydrogens is 355 g/mol. The number of hydrogen-bond acceptors (Lipinski definition) is 1. The van der Waals surface area contributed by atoms with Crippen LogP contribution in [0.25, 0.3) is 5.65 Å². The first-order chi connectivity index (χ1) is 10.1. The number of benzene rings is 1. The molecule has 21 heavy (non-hydrogen) atoms. The fourth-order valence-electron chi connectivity index (χ4n) is 3.14. The van der Waals surface area contributed by atoms with Gasteiger partial charge in [0.2, 0.25) is 0 Å². The number of rotatable bonds is 1. The highest BCUT2D eigenvalue weighted by molar-refractivity contribution is 9.10. The van der Waals surface area contributed by atoms with Crippen LogP contribution in [0.5, 0.6) is 0 Å². The van der Waals surface area contributed by atoms with E-state index in [4.69, 9.17) is 11.6 Å². The van der Waals surface area contributed by atoms with Crippen molar-refractivity contribution in [1.29, 1.82) is 0 Å². The maximum atomic E-state index is 13.7. The van der Waals surface area contributed by atoms with Gasteiger partial charge < -0.3 is 4.40 Å². The topological polar surface area (TPSA) is 17.3 Å². The summed E-state index contributed by atoms with van der Waals surface area (Å²) < 4.78 is 16.1. The molecule has 0 fully saturated rings. The molecule has 4 rings (SSSR count). The van der Waals surface area contributed by atoms with Crippen molar-refractivity contribution in [3.05, 3.63) is 68.8 Å². The van der Waals surface area contributed by atoms with E-state index in [2.05, 4.69) is 27.0 Å². The van der Waals surface area contributed by atoms with Crippen LogP contribution in [-0.4, -0.2) is 9.38 Å². The summed E-state index contributed by atoms with van der Waals surface area (Å²) in [6.45, 7) is 0. The second-order valence-electron chi connectivity index (χ2n) is 5.25. The molecule has 0 radical (unpaired) electrons. The molecule has 1 aromatic carbocycles. The van der Waals surface area contributed by atoms with Crippen molar-refractivity contribution in [1.82, 2.24) is 9.38 Å². The van der Waals surface area contributed by atoms with E-state index >= 15 is 0 Å². The van der Waals surface area contributed by atoms with Crippen LogP contribution in [0, 0.1) is 5.82 Å². The van der Waals surface area contributed by atoms with Gasteiger partial charge in [-0.2, -0.15) is 0 Å². The van der Waals surface area contributed by atoms with Crippen LogP contribution in [0.2, 0.25) is 5.02 Å². The predicted octanol–water partition coefficient (Wildman–Crippen LogP) is 4.97. The van der Waals surface area contributed by atoms with Crippen molar-refractivity contribution in [2.75, 3.05) is 0 Å². The zero-order valence-electron chi connectivity index (χ0n) is 11.0. The predicted molar refractivity (Wildman–Crippen MR) is 84.5 cm³/mol. The second-order valence-corrected chi connectivity index (χ2v) is 6.52. The quantitative estimate of drug-likeness (QED) is 0.595. The number of aromatic nitrogens is 2. The fraction of sp³-hybridized carbons (Fsp3) is 0.188. The zero-order valence-corrected chi connectivity index (χ0v) is 13.3. The SMILES string of the molecule is Fc1cc2nc3c(n2cc1Br)C(c1ccccc1Cl)CC3. The third-order valence-corrected chi connectivity index (χ3v) is 4.99. The summed E-state index contributed by atoms with van der Waals surface area (Å²) in [5.74, 6) is -0.0819. The molecule has 2 aromatic heterocycles. The Kier molecular flexibility index (Phi) is 3.05. The van der Waals surface area contributed by atoms with Gasteiger partial charge in [0, 0.05) is 23.2 Å². The average molecular weight is 366 g/mol. The summed E-state index contributed by atoms with van der Waals surface area (Å²) in [7, 11) is 0. The Morgan fingerprint density at radius 1 is 1.33 bits per heavy atom. The molecule has 0 bridgehead atoms. The van der Waals surface area contributed by atoms with Crippen LogP contribution >= 0.6 is 27.5 Å². The van der Waals surface area contributed by atoms with Crippen molar-refractivity contribution < 1.29 is 4.39 Å². The van der Waals surface area contributed by atoms with E-state index in [0.717, 1.165) is 34.8 Å². The number of fused-ring (bicyclic) bond motifs is 3. The van der Waals surface area contributed by atoms with Gasteiger partial charge in [-0.05, 0) is 40.4 Å². The van der Waals surface area contributed by atoms with Gasteiger partial charge in [-0.1, -0.05) is 29.8 Å². The zero-order chi connectivity index (χ0) is 14.6. The van der Waals surface area contributed by atoms with E-state index in [9.17, 15) is 4.39 Å². The van der Waals surface area contributed by atoms with Gasteiger partial charge in [0.25, 0.3) is 0 Å². The monoisotopic (exact) mass is 364 g/mol. The fourth-order valence-corrected chi connectivity index (χ4v) is 3.72. The molecule has 106 valence electrons. The van der Waals surface area contributed by atoms with E-state index in [1.54, 1.807) is 6.20 Å². The molecule has 1 atom stereocenters. The lowest BCUT2D eigenvalue weighted by Gasteiger charge is -2.14. The molecule has 1 aliphatic rings. The first kappa shape index (κ1) is 13.3. The van der Waals surface area contributed by atoms with E-state index in [1.165, 1.54) is 6.07 Å². The molecule has 0 aliphatic heterocycles. The van der Waals surface area contributed by atoms with E-state index < -0.39 is 0 Å². The average Bonchev–Trinajstić information content (AvgIpc) is 3.00. The molecule has 0 amide bonds. The molecular formula is C16H11BrClFN2. The maximum absolute atomic E-state index is 13.7. The molecule has 3 aromatic rings. The Morgan fingerprint density at radius 2 is 2.14 bits per heavy atom. The largest absolute Gasteiger partial charge is 0.302 e. The number of aryl methyl sites for hydroxylation is 1. The smallest absolute Gasteiger partial charge is 0.142 e. The van der Waals surface area contributed by atoms with E-state index in [0.29, 0.717) is 10.1 Å². The lowest BCUT2D eigenvalue weighted by Crippen LogP contribution is -2.02. The molecule has 0 spiro atoms. The summed E-state index contributed by atoms with van der Waals surface area (Å²) in [6.07, 6.45) is 3.64. The molecule has 0 saturated heterocycles. The van der Waals surface area contributed by atoms with Crippen molar-refractivity contribution in [3.8, 4) is 0 Å². The minimum absolute atomic E-state index is 0.209. The molecule has 0 N–H and O–H groups in total. The van der Waals surface area contributed by atoms with Crippen molar-refractivity contribution in [3.63, 3.8) is 0 Å². The molecule has 1 aliphatic carbocycles. The normalized spacial score (nSPS) is 17.4. The summed E-state index contributed by atoms with van der Waals surface area (Å²) >= 11 is 9.60. The third kappa shape index (κ3) is 2.00. The highest BCUT2D eigenvalue weighted by Crippen LogP contribution is 2.41. The van der Waals surface area contributed by atoms with Crippen LogP contribution in [0.4, 0.5) is 4.39 Å². The third-order valence-electron chi connectivity index (χ3n) is 4.06. The Bertz CT molecular complexity index is 859. The van der Waals surface area contributed by atoms with E-state index in [1.807, 2.05) is 22.6 Å². The number of hydrogen-bond donors (Lipinski definition) is 0. The lowest BCUT2D eigenvalue weighted by molar-refractivity contribution is 0.618. The summed E-state index contributed by atoms with van der Waals surface area (Å²) in [4.78, 5) is 4.56. The van der Waals surface area contributed by atoms with Gasteiger partial charge in [-0.3, -0.25) is 0 Å². The Hall–Kier alpha value is -1.39. The minimum atomic E-state index is -0.291. The summed E-state index contributed by atoms with van der Waals surface area (Å²) in [6, 6.07) is 9.36. The molecule has 1 unspecified atom stereocenters. The molecule has 2 nitrogen and oxygen atoms in total. The highest BCUT2D eigenvalue weighted by atomic mass is 79.9. The molecule has 5 heteroatoms. The standard InChI is InChI=1S/C16H11BrClFN2/c17-11-8-21-15(7-13(11)19)20-14-6-5-10(16(14)21)9-3-1-2-4-12(9)18/h1-4,7-8,10H,5-6H2. The summed E-state index contributed by atoms with van der Waals surface area (Å²) in [5, 5.41) is 0.770. The second kappa shape index (κ2) is 4.82. The van der Waals surface area contributed by atoms with Gasteiger partial charge in [0.1, 0.15) is 11.5 Å². The van der Waals surface area contributed by atoms with Gasteiger partial charge in [0.05, 0.1) is 15.9 Å². The highest BCUT2D eigenvalue weighted by Gasteiger charge is 2.30. The van der Waals surface area contributed by atoms with Crippen LogP contribution in [0.15, 0.2) is 41.0 Å². The number of pyridine rings is 1. The minimum Gasteiger partial charge on any atom is -0.302 e. The first-order valence-corrected chi connectivity index (χ1v) is 7.92.